The summed E-state index contributed by atoms with van der Waals surface area (Å²) in [7, 11) is 0. The van der Waals surface area contributed by atoms with Crippen molar-refractivity contribution < 1.29 is 14.7 Å². The Labute approximate surface area is 154 Å². The predicted octanol–water partition coefficient (Wildman–Crippen LogP) is 1.64. The van der Waals surface area contributed by atoms with Crippen molar-refractivity contribution >= 4 is 11.9 Å². The van der Waals surface area contributed by atoms with E-state index in [4.69, 9.17) is 5.11 Å². The number of carbonyl (C=O) groups is 2. The molecule has 3 aromatic rings. The second kappa shape index (κ2) is 7.02. The Morgan fingerprint density at radius 3 is 2.63 bits per heavy atom. The number of aromatic carboxylic acids is 1. The molecule has 1 aliphatic rings. The number of carbonyl (C=O) groups excluding carboxylic acids is 1. The lowest BCUT2D eigenvalue weighted by Crippen LogP contribution is -2.39. The van der Waals surface area contributed by atoms with Crippen molar-refractivity contribution in [3.63, 3.8) is 0 Å². The fourth-order valence-corrected chi connectivity index (χ4v) is 3.27. The van der Waals surface area contributed by atoms with Gasteiger partial charge in [-0.1, -0.05) is 11.3 Å². The summed E-state index contributed by atoms with van der Waals surface area (Å²) in [6, 6.07) is 9.26. The van der Waals surface area contributed by atoms with Gasteiger partial charge in [0.25, 0.3) is 5.91 Å². The van der Waals surface area contributed by atoms with Crippen LogP contribution < -0.4 is 0 Å². The van der Waals surface area contributed by atoms with Crippen molar-refractivity contribution in [3.05, 3.63) is 60.2 Å². The highest BCUT2D eigenvalue weighted by molar-refractivity contribution is 5.94. The van der Waals surface area contributed by atoms with Crippen LogP contribution in [0.2, 0.25) is 0 Å². The highest BCUT2D eigenvalue weighted by atomic mass is 16.4. The first-order valence-electron chi connectivity index (χ1n) is 8.66. The standard InChI is InChI=1S/C18H18N6O3/c25-17(13-3-1-4-15(11-13)23-8-2-7-19-23)22-9-5-14(6-10-22)24-12-16(18(26)27)20-21-24/h1-4,7-8,11-12,14H,5-6,9-10H2,(H,26,27). The van der Waals surface area contributed by atoms with Gasteiger partial charge >= 0.3 is 5.97 Å². The fourth-order valence-electron chi connectivity index (χ4n) is 3.27. The Morgan fingerprint density at radius 2 is 1.96 bits per heavy atom. The molecule has 1 aromatic carbocycles. The van der Waals surface area contributed by atoms with Gasteiger partial charge in [0.2, 0.25) is 0 Å². The number of amides is 1. The summed E-state index contributed by atoms with van der Waals surface area (Å²) in [5.41, 5.74) is 1.39. The molecule has 138 valence electrons. The number of hydrogen-bond donors (Lipinski definition) is 1. The number of carboxylic acid groups (broad SMARTS) is 1. The minimum atomic E-state index is -1.09. The van der Waals surface area contributed by atoms with Crippen molar-refractivity contribution in [3.8, 4) is 5.69 Å². The Bertz CT molecular complexity index is 957. The summed E-state index contributed by atoms with van der Waals surface area (Å²) in [4.78, 5) is 25.6. The normalized spacial score (nSPS) is 15.0. The molecule has 9 nitrogen and oxygen atoms in total. The van der Waals surface area contributed by atoms with Crippen LogP contribution in [0.1, 0.15) is 39.7 Å². The van der Waals surface area contributed by atoms with E-state index in [-0.39, 0.29) is 17.6 Å². The van der Waals surface area contributed by atoms with E-state index in [1.54, 1.807) is 21.6 Å². The van der Waals surface area contributed by atoms with Crippen LogP contribution in [0.25, 0.3) is 5.69 Å². The molecule has 4 rings (SSSR count). The molecule has 9 heteroatoms. The molecule has 3 heterocycles. The van der Waals surface area contributed by atoms with Crippen molar-refractivity contribution in [2.24, 2.45) is 0 Å². The van der Waals surface area contributed by atoms with E-state index in [2.05, 4.69) is 15.4 Å². The molecule has 1 N–H and O–H groups in total. The first-order chi connectivity index (χ1) is 13.1. The van der Waals surface area contributed by atoms with Crippen LogP contribution in [0.5, 0.6) is 0 Å². The predicted molar refractivity (Wildman–Crippen MR) is 94.7 cm³/mol. The van der Waals surface area contributed by atoms with E-state index >= 15 is 0 Å². The molecule has 0 atom stereocenters. The summed E-state index contributed by atoms with van der Waals surface area (Å²) in [5, 5.41) is 20.7. The molecule has 2 aromatic heterocycles. The SMILES string of the molecule is O=C(O)c1cn(C2CCN(C(=O)c3cccc(-n4cccn4)c3)CC2)nn1. The third kappa shape index (κ3) is 3.43. The van der Waals surface area contributed by atoms with Gasteiger partial charge in [-0.3, -0.25) is 4.79 Å². The maximum absolute atomic E-state index is 12.8. The summed E-state index contributed by atoms with van der Waals surface area (Å²) >= 11 is 0. The summed E-state index contributed by atoms with van der Waals surface area (Å²) < 4.78 is 3.30. The van der Waals surface area contributed by atoms with Gasteiger partial charge < -0.3 is 10.0 Å². The number of carboxylic acids is 1. The Kier molecular flexibility index (Phi) is 4.41. The summed E-state index contributed by atoms with van der Waals surface area (Å²) in [6.07, 6.45) is 6.37. The maximum atomic E-state index is 12.8. The molecule has 0 radical (unpaired) electrons. The van der Waals surface area contributed by atoms with Gasteiger partial charge in [0.15, 0.2) is 5.69 Å². The molecule has 0 saturated carbocycles. The smallest absolute Gasteiger partial charge is 0.358 e. The van der Waals surface area contributed by atoms with Crippen LogP contribution in [-0.4, -0.2) is 59.7 Å². The average molecular weight is 366 g/mol. The number of benzene rings is 1. The average Bonchev–Trinajstić information content (AvgIpc) is 3.40. The lowest BCUT2D eigenvalue weighted by Gasteiger charge is -2.32. The van der Waals surface area contributed by atoms with E-state index in [1.165, 1.54) is 6.20 Å². The first kappa shape index (κ1) is 17.0. The van der Waals surface area contributed by atoms with Crippen LogP contribution in [0.4, 0.5) is 0 Å². The summed E-state index contributed by atoms with van der Waals surface area (Å²) in [5.74, 6) is -1.11. The number of hydrogen-bond acceptors (Lipinski definition) is 5. The molecule has 0 bridgehead atoms. The van der Waals surface area contributed by atoms with Crippen molar-refractivity contribution in [2.45, 2.75) is 18.9 Å². The van der Waals surface area contributed by atoms with Gasteiger partial charge in [0.05, 0.1) is 17.9 Å². The van der Waals surface area contributed by atoms with E-state index in [0.29, 0.717) is 31.5 Å². The topological polar surface area (TPSA) is 106 Å². The number of piperidine rings is 1. The van der Waals surface area contributed by atoms with E-state index in [1.807, 2.05) is 35.4 Å². The molecule has 1 fully saturated rings. The lowest BCUT2D eigenvalue weighted by molar-refractivity contribution is 0.0684. The van der Waals surface area contributed by atoms with E-state index in [0.717, 1.165) is 5.69 Å². The van der Waals surface area contributed by atoms with Crippen molar-refractivity contribution in [2.75, 3.05) is 13.1 Å². The molecular weight excluding hydrogens is 348 g/mol. The second-order valence-corrected chi connectivity index (χ2v) is 6.41. The molecular formula is C18H18N6O3. The number of nitrogens with zero attached hydrogens (tertiary/aromatic N) is 6. The molecule has 27 heavy (non-hydrogen) atoms. The Hall–Kier alpha value is -3.49. The van der Waals surface area contributed by atoms with Crippen LogP contribution in [0, 0.1) is 0 Å². The molecule has 1 saturated heterocycles. The third-order valence-corrected chi connectivity index (χ3v) is 4.72. The van der Waals surface area contributed by atoms with Gasteiger partial charge in [-0.15, -0.1) is 5.10 Å². The lowest BCUT2D eigenvalue weighted by atomic mass is 10.0. The van der Waals surface area contributed by atoms with Gasteiger partial charge in [0, 0.05) is 31.0 Å². The quantitative estimate of drug-likeness (QED) is 0.752. The van der Waals surface area contributed by atoms with Gasteiger partial charge in [-0.2, -0.15) is 5.10 Å². The number of rotatable bonds is 4. The summed E-state index contributed by atoms with van der Waals surface area (Å²) in [6.45, 7) is 1.16. The minimum absolute atomic E-state index is 0.0210. The zero-order valence-electron chi connectivity index (χ0n) is 14.5. The Morgan fingerprint density at radius 1 is 1.15 bits per heavy atom. The monoisotopic (exact) mass is 366 g/mol. The molecule has 1 amide bonds. The Balaban J connectivity index is 1.43. The molecule has 1 aliphatic heterocycles. The van der Waals surface area contributed by atoms with Crippen LogP contribution >= 0.6 is 0 Å². The van der Waals surface area contributed by atoms with Crippen molar-refractivity contribution in [1.29, 1.82) is 0 Å². The number of aromatic nitrogens is 5. The highest BCUT2D eigenvalue weighted by Gasteiger charge is 2.26. The zero-order valence-corrected chi connectivity index (χ0v) is 14.5. The highest BCUT2D eigenvalue weighted by Crippen LogP contribution is 2.23. The van der Waals surface area contributed by atoms with Gasteiger partial charge in [-0.25, -0.2) is 14.2 Å². The van der Waals surface area contributed by atoms with Crippen LogP contribution in [0.3, 0.4) is 0 Å². The van der Waals surface area contributed by atoms with E-state index < -0.39 is 5.97 Å². The maximum Gasteiger partial charge on any atom is 0.358 e. The molecule has 0 spiro atoms. The fraction of sp³-hybridized carbons (Fsp3) is 0.278. The van der Waals surface area contributed by atoms with Gasteiger partial charge in [-0.05, 0) is 37.1 Å². The molecule has 0 aliphatic carbocycles. The zero-order chi connectivity index (χ0) is 18.8. The third-order valence-electron chi connectivity index (χ3n) is 4.72. The number of likely N-dealkylation sites (tertiary alicyclic amines) is 1. The van der Waals surface area contributed by atoms with Gasteiger partial charge in [0.1, 0.15) is 0 Å². The largest absolute Gasteiger partial charge is 0.476 e. The minimum Gasteiger partial charge on any atom is -0.476 e. The molecule has 0 unspecified atom stereocenters. The first-order valence-corrected chi connectivity index (χ1v) is 8.66. The van der Waals surface area contributed by atoms with E-state index in [9.17, 15) is 9.59 Å². The second-order valence-electron chi connectivity index (χ2n) is 6.41. The van der Waals surface area contributed by atoms with Crippen LogP contribution in [-0.2, 0) is 0 Å². The van der Waals surface area contributed by atoms with Crippen molar-refractivity contribution in [1.82, 2.24) is 29.7 Å². The van der Waals surface area contributed by atoms with Crippen LogP contribution in [0.15, 0.2) is 48.9 Å².